The molecule has 5 aromatic rings. The van der Waals surface area contributed by atoms with E-state index in [0.717, 1.165) is 43.6 Å². The molecular weight excluding hydrogens is 502 g/mol. The predicted octanol–water partition coefficient (Wildman–Crippen LogP) is 5.98. The fourth-order valence-corrected chi connectivity index (χ4v) is 3.93. The van der Waals surface area contributed by atoms with E-state index >= 15 is 0 Å². The van der Waals surface area contributed by atoms with Crippen LogP contribution in [0.5, 0.6) is 11.6 Å². The van der Waals surface area contributed by atoms with Gasteiger partial charge in [-0.3, -0.25) is 0 Å². The third-order valence-corrected chi connectivity index (χ3v) is 5.87. The summed E-state index contributed by atoms with van der Waals surface area (Å²) in [4.78, 5) is 22.7. The van der Waals surface area contributed by atoms with Crippen molar-refractivity contribution in [1.82, 2.24) is 29.8 Å². The SMILES string of the molecule is CN(C)CCCCNc1nccc(-c2cccnc2Oc2ccc(Nc3nc4cc(F)c(F)cc4[nH]3)cc2)n1. The van der Waals surface area contributed by atoms with Gasteiger partial charge in [-0.25, -0.2) is 28.7 Å². The first-order valence-electron chi connectivity index (χ1n) is 12.5. The van der Waals surface area contributed by atoms with Gasteiger partial charge in [-0.05, 0) is 75.9 Å². The van der Waals surface area contributed by atoms with Crippen molar-refractivity contribution >= 4 is 28.6 Å². The van der Waals surface area contributed by atoms with Crippen LogP contribution in [-0.2, 0) is 0 Å². The van der Waals surface area contributed by atoms with Gasteiger partial charge >= 0.3 is 0 Å². The second-order valence-corrected chi connectivity index (χ2v) is 9.18. The molecule has 3 aromatic heterocycles. The van der Waals surface area contributed by atoms with Crippen LogP contribution in [0.4, 0.5) is 26.4 Å². The molecule has 3 N–H and O–H groups in total. The number of pyridine rings is 1. The van der Waals surface area contributed by atoms with Gasteiger partial charge in [-0.2, -0.15) is 0 Å². The molecule has 0 radical (unpaired) electrons. The molecule has 9 nitrogen and oxygen atoms in total. The third kappa shape index (κ3) is 6.63. The average molecular weight is 531 g/mol. The summed E-state index contributed by atoms with van der Waals surface area (Å²) in [6.07, 6.45) is 5.48. The molecule has 0 saturated heterocycles. The Hall–Kier alpha value is -4.64. The number of halogens is 2. The van der Waals surface area contributed by atoms with E-state index < -0.39 is 11.6 Å². The average Bonchev–Trinajstić information content (AvgIpc) is 3.31. The first-order chi connectivity index (χ1) is 18.9. The standard InChI is InChI=1S/C28H28F2N8O/c1-38(2)15-4-3-12-32-27-33-14-11-23(35-27)20-6-5-13-31-26(20)39-19-9-7-18(8-10-19)34-28-36-24-16-21(29)22(30)17-25(24)37-28/h5-11,13-14,16-17H,3-4,12,15H2,1-2H3,(H,32,33,35)(H2,34,36,37). The monoisotopic (exact) mass is 530 g/mol. The zero-order chi connectivity index (χ0) is 27.2. The largest absolute Gasteiger partial charge is 0.438 e. The van der Waals surface area contributed by atoms with E-state index in [1.807, 2.05) is 18.2 Å². The van der Waals surface area contributed by atoms with Crippen LogP contribution < -0.4 is 15.4 Å². The zero-order valence-electron chi connectivity index (χ0n) is 21.6. The van der Waals surface area contributed by atoms with Crippen molar-refractivity contribution in [1.29, 1.82) is 0 Å². The molecule has 0 fully saturated rings. The van der Waals surface area contributed by atoms with Crippen LogP contribution in [0.1, 0.15) is 12.8 Å². The number of ether oxygens (including phenoxy) is 1. The minimum Gasteiger partial charge on any atom is -0.438 e. The lowest BCUT2D eigenvalue weighted by molar-refractivity contribution is 0.396. The molecule has 0 bridgehead atoms. The Morgan fingerprint density at radius 3 is 2.56 bits per heavy atom. The first-order valence-corrected chi connectivity index (χ1v) is 12.5. The van der Waals surface area contributed by atoms with E-state index in [4.69, 9.17) is 4.74 Å². The van der Waals surface area contributed by atoms with Gasteiger partial charge in [0.2, 0.25) is 17.8 Å². The molecule has 0 amide bonds. The van der Waals surface area contributed by atoms with E-state index in [0.29, 0.717) is 45.9 Å². The van der Waals surface area contributed by atoms with E-state index in [1.54, 1.807) is 36.7 Å². The molecule has 39 heavy (non-hydrogen) atoms. The quantitative estimate of drug-likeness (QED) is 0.179. The zero-order valence-corrected chi connectivity index (χ0v) is 21.6. The van der Waals surface area contributed by atoms with Gasteiger partial charge in [0.1, 0.15) is 5.75 Å². The number of aromatic nitrogens is 5. The lowest BCUT2D eigenvalue weighted by Crippen LogP contribution is -2.14. The van der Waals surface area contributed by atoms with Crippen LogP contribution in [-0.4, -0.2) is 57.0 Å². The summed E-state index contributed by atoms with van der Waals surface area (Å²) >= 11 is 0. The van der Waals surface area contributed by atoms with Crippen LogP contribution in [0.3, 0.4) is 0 Å². The molecule has 0 saturated carbocycles. The molecule has 0 spiro atoms. The topological polar surface area (TPSA) is 104 Å². The van der Waals surface area contributed by atoms with Crippen molar-refractivity contribution < 1.29 is 13.5 Å². The highest BCUT2D eigenvalue weighted by molar-refractivity contribution is 5.78. The van der Waals surface area contributed by atoms with Gasteiger partial charge in [-0.1, -0.05) is 0 Å². The second kappa shape index (κ2) is 11.8. The highest BCUT2D eigenvalue weighted by Gasteiger charge is 2.12. The minimum atomic E-state index is -0.944. The van der Waals surface area contributed by atoms with Crippen molar-refractivity contribution in [2.45, 2.75) is 12.8 Å². The van der Waals surface area contributed by atoms with Gasteiger partial charge in [0.25, 0.3) is 0 Å². The Balaban J connectivity index is 1.25. The first kappa shape index (κ1) is 26.0. The van der Waals surface area contributed by atoms with Crippen LogP contribution >= 0.6 is 0 Å². The van der Waals surface area contributed by atoms with Crippen LogP contribution in [0, 0.1) is 11.6 Å². The summed E-state index contributed by atoms with van der Waals surface area (Å²) in [6, 6.07) is 14.8. The molecule has 0 unspecified atom stereocenters. The summed E-state index contributed by atoms with van der Waals surface area (Å²) in [5.41, 5.74) is 2.86. The Labute approximate surface area is 224 Å². The van der Waals surface area contributed by atoms with Crippen LogP contribution in [0.15, 0.2) is 67.0 Å². The van der Waals surface area contributed by atoms with Crippen molar-refractivity contribution in [2.24, 2.45) is 0 Å². The minimum absolute atomic E-state index is 0.325. The van der Waals surface area contributed by atoms with Gasteiger partial charge < -0.3 is 25.3 Å². The molecule has 0 aliphatic carbocycles. The molecule has 0 atom stereocenters. The summed E-state index contributed by atoms with van der Waals surface area (Å²) < 4.78 is 33.1. The maximum Gasteiger partial charge on any atom is 0.228 e. The van der Waals surface area contributed by atoms with Gasteiger partial charge in [0.05, 0.1) is 22.3 Å². The van der Waals surface area contributed by atoms with Crippen molar-refractivity contribution in [2.75, 3.05) is 37.8 Å². The number of nitrogens with zero attached hydrogens (tertiary/aromatic N) is 5. The summed E-state index contributed by atoms with van der Waals surface area (Å²) in [5.74, 6) is 0.0251. The molecule has 2 aromatic carbocycles. The number of fused-ring (bicyclic) bond motifs is 1. The summed E-state index contributed by atoms with van der Waals surface area (Å²) in [6.45, 7) is 1.83. The molecule has 5 rings (SSSR count). The van der Waals surface area contributed by atoms with E-state index in [-0.39, 0.29) is 0 Å². The van der Waals surface area contributed by atoms with E-state index in [2.05, 4.69) is 54.5 Å². The highest BCUT2D eigenvalue weighted by Crippen LogP contribution is 2.31. The number of imidazole rings is 1. The fourth-order valence-electron chi connectivity index (χ4n) is 3.93. The molecule has 0 aliphatic heterocycles. The number of anilines is 3. The Kier molecular flexibility index (Phi) is 7.88. The fraction of sp³-hybridized carbons (Fsp3) is 0.214. The van der Waals surface area contributed by atoms with E-state index in [1.165, 1.54) is 0 Å². The maximum atomic E-state index is 13.5. The number of aromatic amines is 1. The number of nitrogens with one attached hydrogen (secondary N) is 3. The Bertz CT molecular complexity index is 1520. The number of hydrogen-bond donors (Lipinski definition) is 3. The molecule has 0 aliphatic rings. The van der Waals surface area contributed by atoms with Crippen molar-refractivity contribution in [3.63, 3.8) is 0 Å². The molecular formula is C28H28F2N8O. The molecule has 11 heteroatoms. The number of hydrogen-bond acceptors (Lipinski definition) is 8. The summed E-state index contributed by atoms with van der Waals surface area (Å²) in [5, 5.41) is 6.37. The van der Waals surface area contributed by atoms with Crippen LogP contribution in [0.2, 0.25) is 0 Å². The summed E-state index contributed by atoms with van der Waals surface area (Å²) in [7, 11) is 4.13. The van der Waals surface area contributed by atoms with E-state index in [9.17, 15) is 8.78 Å². The Morgan fingerprint density at radius 2 is 1.74 bits per heavy atom. The van der Waals surface area contributed by atoms with Crippen LogP contribution in [0.25, 0.3) is 22.3 Å². The number of H-pyrrole nitrogens is 1. The third-order valence-electron chi connectivity index (χ3n) is 5.87. The smallest absolute Gasteiger partial charge is 0.228 e. The second-order valence-electron chi connectivity index (χ2n) is 9.18. The predicted molar refractivity (Wildman–Crippen MR) is 147 cm³/mol. The number of rotatable bonds is 11. The molecule has 3 heterocycles. The van der Waals surface area contributed by atoms with Crippen molar-refractivity contribution in [3.05, 3.63) is 78.6 Å². The number of unbranched alkanes of at least 4 members (excludes halogenated alkanes) is 1. The maximum absolute atomic E-state index is 13.5. The van der Waals surface area contributed by atoms with Gasteiger partial charge in [0, 0.05) is 36.8 Å². The van der Waals surface area contributed by atoms with Gasteiger partial charge in [0.15, 0.2) is 11.6 Å². The lowest BCUT2D eigenvalue weighted by Gasteiger charge is -2.12. The van der Waals surface area contributed by atoms with Crippen molar-refractivity contribution in [3.8, 4) is 22.9 Å². The Morgan fingerprint density at radius 1 is 0.923 bits per heavy atom. The highest BCUT2D eigenvalue weighted by atomic mass is 19.2. The normalized spacial score (nSPS) is 11.2. The van der Waals surface area contributed by atoms with Gasteiger partial charge in [-0.15, -0.1) is 0 Å². The lowest BCUT2D eigenvalue weighted by atomic mass is 10.2. The number of benzene rings is 2. The molecule has 200 valence electrons.